The topological polar surface area (TPSA) is 61.3 Å². The van der Waals surface area contributed by atoms with Crippen molar-refractivity contribution in [3.05, 3.63) is 23.3 Å². The van der Waals surface area contributed by atoms with Gasteiger partial charge in [-0.1, -0.05) is 0 Å². The van der Waals surface area contributed by atoms with Gasteiger partial charge >= 0.3 is 5.97 Å². The molecule has 1 aliphatic rings. The lowest BCUT2D eigenvalue weighted by atomic mass is 10.0. The average molecular weight is 278 g/mol. The number of ether oxygens (including phenoxy) is 2. The summed E-state index contributed by atoms with van der Waals surface area (Å²) in [5.74, 6) is 0.329. The molecule has 0 unspecified atom stereocenters. The van der Waals surface area contributed by atoms with Crippen LogP contribution in [0.5, 0.6) is 0 Å². The molecular formula is C15H22N2O3. The molecule has 0 bridgehead atoms. The lowest BCUT2D eigenvalue weighted by molar-refractivity contribution is -0.0458. The second-order valence-corrected chi connectivity index (χ2v) is 5.05. The van der Waals surface area contributed by atoms with E-state index in [1.54, 1.807) is 13.1 Å². The summed E-state index contributed by atoms with van der Waals surface area (Å²) in [7, 11) is 0. The van der Waals surface area contributed by atoms with Gasteiger partial charge in [-0.15, -0.1) is 0 Å². The Morgan fingerprint density at radius 1 is 1.30 bits per heavy atom. The zero-order chi connectivity index (χ0) is 14.6. The highest BCUT2D eigenvalue weighted by Gasteiger charge is 2.39. The van der Waals surface area contributed by atoms with E-state index in [2.05, 4.69) is 9.97 Å². The van der Waals surface area contributed by atoms with Crippen molar-refractivity contribution in [1.29, 1.82) is 0 Å². The first-order valence-electron chi connectivity index (χ1n) is 7.28. The molecule has 20 heavy (non-hydrogen) atoms. The van der Waals surface area contributed by atoms with E-state index in [0.717, 1.165) is 25.7 Å². The van der Waals surface area contributed by atoms with Gasteiger partial charge in [-0.2, -0.15) is 0 Å². The minimum Gasteiger partial charge on any atom is -0.462 e. The Morgan fingerprint density at radius 2 is 2.00 bits per heavy atom. The van der Waals surface area contributed by atoms with Gasteiger partial charge in [0.05, 0.1) is 17.9 Å². The van der Waals surface area contributed by atoms with Crippen LogP contribution in [0.2, 0.25) is 0 Å². The monoisotopic (exact) mass is 278 g/mol. The van der Waals surface area contributed by atoms with Crippen LogP contribution >= 0.6 is 0 Å². The van der Waals surface area contributed by atoms with E-state index in [1.807, 2.05) is 13.8 Å². The zero-order valence-corrected chi connectivity index (χ0v) is 12.4. The molecule has 1 saturated carbocycles. The molecule has 0 N–H and O–H groups in total. The molecule has 0 aliphatic heterocycles. The third kappa shape index (κ3) is 2.82. The second-order valence-electron chi connectivity index (χ2n) is 5.05. The maximum absolute atomic E-state index is 11.8. The molecule has 0 spiro atoms. The van der Waals surface area contributed by atoms with Crippen LogP contribution in [0.15, 0.2) is 6.20 Å². The van der Waals surface area contributed by atoms with Gasteiger partial charge in [0, 0.05) is 12.8 Å². The third-order valence-corrected chi connectivity index (χ3v) is 3.71. The lowest BCUT2D eigenvalue weighted by Gasteiger charge is -2.27. The Hall–Kier alpha value is -1.49. The van der Waals surface area contributed by atoms with Crippen LogP contribution in [-0.2, 0) is 15.1 Å². The van der Waals surface area contributed by atoms with Crippen LogP contribution in [0.3, 0.4) is 0 Å². The van der Waals surface area contributed by atoms with Crippen molar-refractivity contribution in [3.8, 4) is 0 Å². The Bertz CT molecular complexity index is 482. The molecule has 5 nitrogen and oxygen atoms in total. The molecule has 2 rings (SSSR count). The Balaban J connectivity index is 2.30. The lowest BCUT2D eigenvalue weighted by Crippen LogP contribution is -2.29. The molecule has 1 heterocycles. The number of hydrogen-bond acceptors (Lipinski definition) is 5. The number of nitrogens with zero attached hydrogens (tertiary/aromatic N) is 2. The highest BCUT2D eigenvalue weighted by Crippen LogP contribution is 2.40. The van der Waals surface area contributed by atoms with Crippen LogP contribution in [0.25, 0.3) is 0 Å². The van der Waals surface area contributed by atoms with E-state index < -0.39 is 0 Å². The van der Waals surface area contributed by atoms with Crippen LogP contribution < -0.4 is 0 Å². The zero-order valence-electron chi connectivity index (χ0n) is 12.4. The van der Waals surface area contributed by atoms with Crippen molar-refractivity contribution >= 4 is 5.97 Å². The number of carbonyl (C=O) groups excluding carboxylic acids is 1. The van der Waals surface area contributed by atoms with Gasteiger partial charge in [0.15, 0.2) is 5.82 Å². The fraction of sp³-hybridized carbons (Fsp3) is 0.667. The average Bonchev–Trinajstić information content (AvgIpc) is 2.89. The maximum Gasteiger partial charge on any atom is 0.341 e. The number of aromatic nitrogens is 2. The van der Waals surface area contributed by atoms with Gasteiger partial charge in [0.2, 0.25) is 0 Å². The van der Waals surface area contributed by atoms with E-state index in [0.29, 0.717) is 30.3 Å². The number of carbonyl (C=O) groups is 1. The molecule has 0 amide bonds. The highest BCUT2D eigenvalue weighted by atomic mass is 16.5. The predicted octanol–water partition coefficient (Wildman–Crippen LogP) is 2.77. The van der Waals surface area contributed by atoms with Crippen LogP contribution in [0, 0.1) is 6.92 Å². The summed E-state index contributed by atoms with van der Waals surface area (Å²) < 4.78 is 10.9. The normalized spacial score (nSPS) is 17.1. The molecule has 1 fully saturated rings. The number of rotatable bonds is 5. The summed E-state index contributed by atoms with van der Waals surface area (Å²) >= 11 is 0. The fourth-order valence-corrected chi connectivity index (χ4v) is 2.75. The van der Waals surface area contributed by atoms with Gasteiger partial charge in [-0.25, -0.2) is 14.8 Å². The second kappa shape index (κ2) is 6.31. The standard InChI is InChI=1S/C15H22N2O3/c1-4-19-13(18)12-10-16-14(17-11(12)3)15(20-5-2)8-6-7-9-15/h10H,4-9H2,1-3H3. The first kappa shape index (κ1) is 14.9. The van der Waals surface area contributed by atoms with E-state index >= 15 is 0 Å². The largest absolute Gasteiger partial charge is 0.462 e. The summed E-state index contributed by atoms with van der Waals surface area (Å²) in [6.07, 6.45) is 5.71. The molecule has 0 aromatic carbocycles. The minimum atomic E-state index is -0.368. The fourth-order valence-electron chi connectivity index (χ4n) is 2.75. The maximum atomic E-state index is 11.8. The van der Waals surface area contributed by atoms with E-state index in [1.165, 1.54) is 0 Å². The molecule has 0 atom stereocenters. The Morgan fingerprint density at radius 3 is 2.55 bits per heavy atom. The third-order valence-electron chi connectivity index (χ3n) is 3.71. The molecule has 1 aliphatic carbocycles. The molecule has 1 aromatic heterocycles. The first-order chi connectivity index (χ1) is 9.63. The van der Waals surface area contributed by atoms with Crippen LogP contribution in [0.1, 0.15) is 61.4 Å². The quantitative estimate of drug-likeness (QED) is 0.775. The van der Waals surface area contributed by atoms with Crippen LogP contribution in [-0.4, -0.2) is 29.2 Å². The van der Waals surface area contributed by atoms with Gasteiger partial charge < -0.3 is 9.47 Å². The van der Waals surface area contributed by atoms with Gasteiger partial charge in [-0.05, 0) is 46.5 Å². The predicted molar refractivity (Wildman–Crippen MR) is 74.5 cm³/mol. The molecule has 110 valence electrons. The van der Waals surface area contributed by atoms with Crippen molar-refractivity contribution in [2.24, 2.45) is 0 Å². The van der Waals surface area contributed by atoms with Gasteiger partial charge in [0.1, 0.15) is 5.60 Å². The van der Waals surface area contributed by atoms with Gasteiger partial charge in [-0.3, -0.25) is 0 Å². The molecular weight excluding hydrogens is 256 g/mol. The summed E-state index contributed by atoms with van der Waals surface area (Å²) in [5, 5.41) is 0. The summed E-state index contributed by atoms with van der Waals surface area (Å²) in [6, 6.07) is 0. The number of esters is 1. The van der Waals surface area contributed by atoms with Crippen molar-refractivity contribution < 1.29 is 14.3 Å². The number of aryl methyl sites for hydroxylation is 1. The molecule has 1 aromatic rings. The molecule has 0 saturated heterocycles. The summed E-state index contributed by atoms with van der Waals surface area (Å²) in [6.45, 7) is 6.57. The van der Waals surface area contributed by atoms with E-state index in [-0.39, 0.29) is 11.6 Å². The highest BCUT2D eigenvalue weighted by molar-refractivity contribution is 5.90. The minimum absolute atomic E-state index is 0.350. The SMILES string of the molecule is CCOC(=O)c1cnc(C2(OCC)CCCC2)nc1C. The van der Waals surface area contributed by atoms with Crippen molar-refractivity contribution in [1.82, 2.24) is 9.97 Å². The molecule has 0 radical (unpaired) electrons. The van der Waals surface area contributed by atoms with E-state index in [4.69, 9.17) is 9.47 Å². The van der Waals surface area contributed by atoms with Gasteiger partial charge in [0.25, 0.3) is 0 Å². The van der Waals surface area contributed by atoms with Crippen molar-refractivity contribution in [2.45, 2.75) is 52.1 Å². The molecule has 5 heteroatoms. The van der Waals surface area contributed by atoms with Crippen molar-refractivity contribution in [2.75, 3.05) is 13.2 Å². The Kier molecular flexibility index (Phi) is 4.70. The summed E-state index contributed by atoms with van der Waals surface area (Å²) in [4.78, 5) is 20.7. The number of hydrogen-bond donors (Lipinski definition) is 0. The Labute approximate surface area is 119 Å². The first-order valence-corrected chi connectivity index (χ1v) is 7.28. The van der Waals surface area contributed by atoms with Crippen molar-refractivity contribution in [3.63, 3.8) is 0 Å². The van der Waals surface area contributed by atoms with E-state index in [9.17, 15) is 4.79 Å². The van der Waals surface area contributed by atoms with Crippen LogP contribution in [0.4, 0.5) is 0 Å². The smallest absolute Gasteiger partial charge is 0.341 e. The summed E-state index contributed by atoms with van der Waals surface area (Å²) in [5.41, 5.74) is 0.715.